The summed E-state index contributed by atoms with van der Waals surface area (Å²) in [5.74, 6) is -0.170. The Bertz CT molecular complexity index is 611. The van der Waals surface area contributed by atoms with E-state index in [0.29, 0.717) is 5.01 Å². The standard InChI is InChI=1S/C12H10BrN3OS/c13-10-6-15-12(18-10)11(17)16-9-2-1-7-4-14-5-8(7)3-9/h1-3,6,14H,4-5H2,(H,16,17). The molecule has 1 aliphatic heterocycles. The first-order chi connectivity index (χ1) is 8.72. The highest BCUT2D eigenvalue weighted by Crippen LogP contribution is 2.22. The van der Waals surface area contributed by atoms with Crippen molar-refractivity contribution in [2.24, 2.45) is 0 Å². The largest absolute Gasteiger partial charge is 0.320 e. The number of anilines is 1. The minimum Gasteiger partial charge on any atom is -0.320 e. The smallest absolute Gasteiger partial charge is 0.284 e. The Labute approximate surface area is 117 Å². The van der Waals surface area contributed by atoms with Crippen molar-refractivity contribution in [3.8, 4) is 0 Å². The lowest BCUT2D eigenvalue weighted by atomic mass is 10.1. The predicted molar refractivity (Wildman–Crippen MR) is 74.8 cm³/mol. The summed E-state index contributed by atoms with van der Waals surface area (Å²) < 4.78 is 0.853. The maximum absolute atomic E-state index is 11.9. The van der Waals surface area contributed by atoms with Gasteiger partial charge in [0, 0.05) is 18.8 Å². The number of amides is 1. The highest BCUT2D eigenvalue weighted by atomic mass is 79.9. The molecule has 1 aromatic heterocycles. The highest BCUT2D eigenvalue weighted by Gasteiger charge is 2.13. The normalized spacial score (nSPS) is 13.4. The second-order valence-electron chi connectivity index (χ2n) is 4.01. The second kappa shape index (κ2) is 4.79. The molecule has 18 heavy (non-hydrogen) atoms. The summed E-state index contributed by atoms with van der Waals surface area (Å²) in [6, 6.07) is 5.98. The minimum absolute atomic E-state index is 0.170. The van der Waals surface area contributed by atoms with E-state index in [0.717, 1.165) is 22.6 Å². The lowest BCUT2D eigenvalue weighted by Gasteiger charge is -2.05. The molecule has 6 heteroatoms. The maximum atomic E-state index is 11.9. The van der Waals surface area contributed by atoms with E-state index in [4.69, 9.17) is 0 Å². The van der Waals surface area contributed by atoms with Gasteiger partial charge in [-0.15, -0.1) is 11.3 Å². The monoisotopic (exact) mass is 323 g/mol. The van der Waals surface area contributed by atoms with Crippen LogP contribution in [0, 0.1) is 0 Å². The van der Waals surface area contributed by atoms with Gasteiger partial charge in [0.25, 0.3) is 5.91 Å². The van der Waals surface area contributed by atoms with Gasteiger partial charge in [-0.05, 0) is 39.2 Å². The fourth-order valence-electron chi connectivity index (χ4n) is 1.92. The molecule has 3 rings (SSSR count). The summed E-state index contributed by atoms with van der Waals surface area (Å²) in [7, 11) is 0. The van der Waals surface area contributed by atoms with Gasteiger partial charge >= 0.3 is 0 Å². The fraction of sp³-hybridized carbons (Fsp3) is 0.167. The summed E-state index contributed by atoms with van der Waals surface area (Å²) in [6.45, 7) is 1.77. The van der Waals surface area contributed by atoms with Crippen LogP contribution in [-0.4, -0.2) is 10.9 Å². The average molecular weight is 324 g/mol. The average Bonchev–Trinajstić information content (AvgIpc) is 2.96. The molecule has 0 aliphatic carbocycles. The lowest BCUT2D eigenvalue weighted by Crippen LogP contribution is -2.11. The molecule has 2 heterocycles. The van der Waals surface area contributed by atoms with E-state index in [9.17, 15) is 4.79 Å². The van der Waals surface area contributed by atoms with Gasteiger partial charge in [-0.25, -0.2) is 4.98 Å². The van der Waals surface area contributed by atoms with Gasteiger partial charge < -0.3 is 10.6 Å². The van der Waals surface area contributed by atoms with E-state index in [-0.39, 0.29) is 5.91 Å². The zero-order chi connectivity index (χ0) is 12.5. The number of aromatic nitrogens is 1. The van der Waals surface area contributed by atoms with E-state index in [2.05, 4.69) is 31.5 Å². The third kappa shape index (κ3) is 2.31. The predicted octanol–water partition coefficient (Wildman–Crippen LogP) is 2.76. The van der Waals surface area contributed by atoms with Crippen molar-refractivity contribution in [2.75, 3.05) is 5.32 Å². The van der Waals surface area contributed by atoms with Crippen molar-refractivity contribution in [3.05, 3.63) is 44.3 Å². The molecule has 1 aromatic carbocycles. The Balaban J connectivity index is 1.78. The zero-order valence-electron chi connectivity index (χ0n) is 9.37. The Morgan fingerprint density at radius 1 is 1.39 bits per heavy atom. The number of fused-ring (bicyclic) bond motifs is 1. The molecule has 1 aliphatic rings. The molecule has 0 saturated carbocycles. The third-order valence-corrected chi connectivity index (χ3v) is 4.24. The summed E-state index contributed by atoms with van der Waals surface area (Å²) in [5, 5.41) is 6.59. The molecule has 4 nitrogen and oxygen atoms in total. The molecule has 0 radical (unpaired) electrons. The minimum atomic E-state index is -0.170. The number of carbonyl (C=O) groups excluding carboxylic acids is 1. The number of hydrogen-bond acceptors (Lipinski definition) is 4. The number of nitrogens with one attached hydrogen (secondary N) is 2. The van der Waals surface area contributed by atoms with E-state index in [1.807, 2.05) is 18.2 Å². The van der Waals surface area contributed by atoms with E-state index in [1.165, 1.54) is 22.5 Å². The van der Waals surface area contributed by atoms with Gasteiger partial charge in [-0.1, -0.05) is 6.07 Å². The van der Waals surface area contributed by atoms with Gasteiger partial charge in [0.05, 0.1) is 9.98 Å². The number of nitrogens with zero attached hydrogens (tertiary/aromatic N) is 1. The SMILES string of the molecule is O=C(Nc1ccc2c(c1)CNC2)c1ncc(Br)s1. The molecule has 2 N–H and O–H groups in total. The topological polar surface area (TPSA) is 54.0 Å². The number of benzene rings is 1. The first kappa shape index (κ1) is 11.8. The summed E-state index contributed by atoms with van der Waals surface area (Å²) in [5.41, 5.74) is 3.35. The second-order valence-corrected chi connectivity index (χ2v) is 6.42. The molecule has 2 aromatic rings. The van der Waals surface area contributed by atoms with Crippen molar-refractivity contribution < 1.29 is 4.79 Å². The van der Waals surface area contributed by atoms with Gasteiger partial charge in [0.1, 0.15) is 0 Å². The Morgan fingerprint density at radius 2 is 2.22 bits per heavy atom. The van der Waals surface area contributed by atoms with Crippen LogP contribution in [0.2, 0.25) is 0 Å². The molecular formula is C12H10BrN3OS. The van der Waals surface area contributed by atoms with Crippen molar-refractivity contribution in [1.29, 1.82) is 0 Å². The molecule has 0 bridgehead atoms. The number of rotatable bonds is 2. The Morgan fingerprint density at radius 3 is 3.00 bits per heavy atom. The van der Waals surface area contributed by atoms with E-state index >= 15 is 0 Å². The first-order valence-electron chi connectivity index (χ1n) is 5.47. The Hall–Kier alpha value is -1.24. The van der Waals surface area contributed by atoms with E-state index < -0.39 is 0 Å². The van der Waals surface area contributed by atoms with Crippen LogP contribution >= 0.6 is 27.3 Å². The van der Waals surface area contributed by atoms with Gasteiger partial charge in [0.2, 0.25) is 0 Å². The Kier molecular flexibility index (Phi) is 3.15. The fourth-order valence-corrected chi connectivity index (χ4v) is 3.02. The molecule has 0 saturated heterocycles. The molecule has 0 unspecified atom stereocenters. The van der Waals surface area contributed by atoms with Crippen LogP contribution < -0.4 is 10.6 Å². The first-order valence-corrected chi connectivity index (χ1v) is 7.08. The number of thiazole rings is 1. The third-order valence-electron chi connectivity index (χ3n) is 2.77. The quantitative estimate of drug-likeness (QED) is 0.893. The maximum Gasteiger partial charge on any atom is 0.284 e. The zero-order valence-corrected chi connectivity index (χ0v) is 11.8. The van der Waals surface area contributed by atoms with Gasteiger partial charge in [-0.2, -0.15) is 0 Å². The van der Waals surface area contributed by atoms with Crippen LogP contribution in [-0.2, 0) is 13.1 Å². The summed E-state index contributed by atoms with van der Waals surface area (Å²) in [4.78, 5) is 16.0. The number of hydrogen-bond donors (Lipinski definition) is 2. The van der Waals surface area contributed by atoms with Gasteiger partial charge in [-0.3, -0.25) is 4.79 Å². The molecular weight excluding hydrogens is 314 g/mol. The molecule has 0 spiro atoms. The van der Waals surface area contributed by atoms with Crippen LogP contribution in [0.15, 0.2) is 28.2 Å². The van der Waals surface area contributed by atoms with Crippen molar-refractivity contribution in [3.63, 3.8) is 0 Å². The van der Waals surface area contributed by atoms with E-state index in [1.54, 1.807) is 6.20 Å². The molecule has 0 atom stereocenters. The number of halogens is 1. The van der Waals surface area contributed by atoms with Gasteiger partial charge in [0.15, 0.2) is 5.01 Å². The molecule has 1 amide bonds. The van der Waals surface area contributed by atoms with Crippen LogP contribution in [0.1, 0.15) is 20.9 Å². The van der Waals surface area contributed by atoms with Crippen molar-refractivity contribution >= 4 is 38.9 Å². The van der Waals surface area contributed by atoms with Crippen molar-refractivity contribution in [2.45, 2.75) is 13.1 Å². The molecule has 0 fully saturated rings. The van der Waals surface area contributed by atoms with Crippen LogP contribution in [0.25, 0.3) is 0 Å². The lowest BCUT2D eigenvalue weighted by molar-refractivity contribution is 0.102. The van der Waals surface area contributed by atoms with Crippen LogP contribution in [0.3, 0.4) is 0 Å². The van der Waals surface area contributed by atoms with Crippen LogP contribution in [0.5, 0.6) is 0 Å². The van der Waals surface area contributed by atoms with Crippen molar-refractivity contribution in [1.82, 2.24) is 10.3 Å². The summed E-state index contributed by atoms with van der Waals surface area (Å²) >= 11 is 4.62. The highest BCUT2D eigenvalue weighted by molar-refractivity contribution is 9.11. The summed E-state index contributed by atoms with van der Waals surface area (Å²) in [6.07, 6.45) is 1.63. The number of carbonyl (C=O) groups is 1. The molecule has 92 valence electrons. The van der Waals surface area contributed by atoms with Crippen LogP contribution in [0.4, 0.5) is 5.69 Å².